The zero-order valence-electron chi connectivity index (χ0n) is 10.5. The van der Waals surface area contributed by atoms with Gasteiger partial charge in [0, 0.05) is 19.3 Å². The Bertz CT molecular complexity index is 322. The van der Waals surface area contributed by atoms with Crippen molar-refractivity contribution in [2.24, 2.45) is 5.92 Å². The molecule has 0 bridgehead atoms. The van der Waals surface area contributed by atoms with Gasteiger partial charge in [-0.05, 0) is 30.0 Å². The van der Waals surface area contributed by atoms with Crippen LogP contribution >= 0.6 is 11.6 Å². The van der Waals surface area contributed by atoms with Crippen LogP contribution in [0.15, 0.2) is 36.1 Å². The van der Waals surface area contributed by atoms with E-state index >= 15 is 0 Å². The van der Waals surface area contributed by atoms with Gasteiger partial charge in [0.05, 0.1) is 5.92 Å². The molecular formula is C14H20ClNO. The Hall–Kier alpha value is -1.02. The molecule has 1 aliphatic carbocycles. The zero-order valence-corrected chi connectivity index (χ0v) is 11.3. The average Bonchev–Trinajstić information content (AvgIpc) is 2.30. The fourth-order valence-electron chi connectivity index (χ4n) is 1.81. The van der Waals surface area contributed by atoms with E-state index in [0.717, 1.165) is 31.5 Å². The quantitative estimate of drug-likeness (QED) is 0.676. The first-order valence-electron chi connectivity index (χ1n) is 6.19. The minimum absolute atomic E-state index is 0.264. The van der Waals surface area contributed by atoms with Crippen LogP contribution in [0.1, 0.15) is 26.7 Å². The maximum atomic E-state index is 11.0. The molecule has 0 heterocycles. The van der Waals surface area contributed by atoms with Crippen LogP contribution in [0.3, 0.4) is 0 Å². The summed E-state index contributed by atoms with van der Waals surface area (Å²) in [6, 6.07) is 0. The van der Waals surface area contributed by atoms with E-state index in [1.165, 1.54) is 0 Å². The predicted octanol–water partition coefficient (Wildman–Crippen LogP) is 3.50. The first-order chi connectivity index (χ1) is 8.17. The third-order valence-electron chi connectivity index (χ3n) is 2.61. The Morgan fingerprint density at radius 1 is 1.29 bits per heavy atom. The molecule has 0 amide bonds. The van der Waals surface area contributed by atoms with Crippen molar-refractivity contribution in [2.75, 3.05) is 13.1 Å². The topological polar surface area (TPSA) is 20.3 Å². The maximum absolute atomic E-state index is 11.0. The highest BCUT2D eigenvalue weighted by molar-refractivity contribution is 6.64. The van der Waals surface area contributed by atoms with E-state index in [4.69, 9.17) is 11.6 Å². The van der Waals surface area contributed by atoms with E-state index < -0.39 is 0 Å². The summed E-state index contributed by atoms with van der Waals surface area (Å²) in [5.41, 5.74) is 1.13. The molecule has 17 heavy (non-hydrogen) atoms. The Kier molecular flexibility index (Phi) is 6.06. The van der Waals surface area contributed by atoms with Crippen molar-refractivity contribution >= 4 is 16.8 Å². The summed E-state index contributed by atoms with van der Waals surface area (Å²) in [5.74, 6) is -0.264. The molecule has 0 N–H and O–H groups in total. The number of halogens is 1. The van der Waals surface area contributed by atoms with E-state index in [0.29, 0.717) is 0 Å². The summed E-state index contributed by atoms with van der Waals surface area (Å²) >= 11 is 5.44. The lowest BCUT2D eigenvalue weighted by atomic mass is 10.0. The predicted molar refractivity (Wildman–Crippen MR) is 72.9 cm³/mol. The van der Waals surface area contributed by atoms with Crippen LogP contribution in [0.2, 0.25) is 0 Å². The van der Waals surface area contributed by atoms with Gasteiger partial charge in [0.15, 0.2) is 0 Å². The third kappa shape index (κ3) is 4.78. The standard InChI is InChI=1S/C14H20ClNO/c1-3-9-16(10-4-2)11-12-5-7-13(8-6-12)14(15)17/h5-8,11,13H,3-4,9-10H2,1-2H3. The van der Waals surface area contributed by atoms with Crippen LogP contribution in [-0.4, -0.2) is 23.2 Å². The van der Waals surface area contributed by atoms with Crippen LogP contribution in [0.4, 0.5) is 0 Å². The summed E-state index contributed by atoms with van der Waals surface area (Å²) in [5, 5.41) is -0.324. The average molecular weight is 254 g/mol. The molecule has 94 valence electrons. The summed E-state index contributed by atoms with van der Waals surface area (Å²) in [6.07, 6.45) is 12.0. The highest BCUT2D eigenvalue weighted by atomic mass is 35.5. The number of allylic oxidation sites excluding steroid dienone is 5. The maximum Gasteiger partial charge on any atom is 0.232 e. The molecule has 0 aromatic rings. The molecule has 2 nitrogen and oxygen atoms in total. The van der Waals surface area contributed by atoms with Crippen molar-refractivity contribution in [1.82, 2.24) is 4.90 Å². The molecule has 0 saturated carbocycles. The number of carbonyl (C=O) groups is 1. The van der Waals surface area contributed by atoms with Crippen molar-refractivity contribution in [1.29, 1.82) is 0 Å². The molecule has 0 aromatic carbocycles. The van der Waals surface area contributed by atoms with Gasteiger partial charge in [-0.25, -0.2) is 0 Å². The molecule has 0 unspecified atom stereocenters. The molecule has 0 radical (unpaired) electrons. The van der Waals surface area contributed by atoms with Crippen molar-refractivity contribution < 1.29 is 4.79 Å². The monoisotopic (exact) mass is 253 g/mol. The van der Waals surface area contributed by atoms with E-state index in [2.05, 4.69) is 24.9 Å². The fraction of sp³-hybridized carbons (Fsp3) is 0.500. The van der Waals surface area contributed by atoms with Gasteiger partial charge in [0.2, 0.25) is 5.24 Å². The lowest BCUT2D eigenvalue weighted by Gasteiger charge is -2.20. The summed E-state index contributed by atoms with van der Waals surface area (Å²) in [6.45, 7) is 6.49. The van der Waals surface area contributed by atoms with Gasteiger partial charge in [0.25, 0.3) is 0 Å². The molecule has 0 saturated heterocycles. The van der Waals surface area contributed by atoms with Gasteiger partial charge in [-0.1, -0.05) is 38.2 Å². The van der Waals surface area contributed by atoms with Gasteiger partial charge in [-0.15, -0.1) is 0 Å². The molecule has 0 fully saturated rings. The molecule has 0 aromatic heterocycles. The summed E-state index contributed by atoms with van der Waals surface area (Å²) < 4.78 is 0. The Morgan fingerprint density at radius 3 is 2.24 bits per heavy atom. The smallest absolute Gasteiger partial charge is 0.232 e. The lowest BCUT2D eigenvalue weighted by Crippen LogP contribution is -2.19. The summed E-state index contributed by atoms with van der Waals surface area (Å²) in [4.78, 5) is 13.3. The number of hydrogen-bond acceptors (Lipinski definition) is 2. The fourth-order valence-corrected chi connectivity index (χ4v) is 1.96. The highest BCUT2D eigenvalue weighted by Gasteiger charge is 2.11. The number of rotatable bonds is 6. The van der Waals surface area contributed by atoms with Crippen LogP contribution < -0.4 is 0 Å². The number of carbonyl (C=O) groups excluding carboxylic acids is 1. The van der Waals surface area contributed by atoms with Crippen molar-refractivity contribution in [2.45, 2.75) is 26.7 Å². The molecule has 0 aliphatic heterocycles. The van der Waals surface area contributed by atoms with Gasteiger partial charge < -0.3 is 4.90 Å². The van der Waals surface area contributed by atoms with Gasteiger partial charge in [-0.3, -0.25) is 4.79 Å². The van der Waals surface area contributed by atoms with E-state index in [1.807, 2.05) is 24.3 Å². The Labute approximate surface area is 109 Å². The first-order valence-corrected chi connectivity index (χ1v) is 6.56. The second-order valence-electron chi connectivity index (χ2n) is 4.21. The van der Waals surface area contributed by atoms with Crippen molar-refractivity contribution in [3.63, 3.8) is 0 Å². The Morgan fingerprint density at radius 2 is 1.82 bits per heavy atom. The third-order valence-corrected chi connectivity index (χ3v) is 2.86. The van der Waals surface area contributed by atoms with E-state index in [9.17, 15) is 4.79 Å². The summed E-state index contributed by atoms with van der Waals surface area (Å²) in [7, 11) is 0. The van der Waals surface area contributed by atoms with Gasteiger partial charge >= 0.3 is 0 Å². The molecule has 3 heteroatoms. The number of hydrogen-bond donors (Lipinski definition) is 0. The van der Waals surface area contributed by atoms with Gasteiger partial charge in [0.1, 0.15) is 0 Å². The molecular weight excluding hydrogens is 234 g/mol. The molecule has 1 rings (SSSR count). The normalized spacial score (nSPS) is 18.3. The van der Waals surface area contributed by atoms with Crippen molar-refractivity contribution in [3.8, 4) is 0 Å². The SMILES string of the molecule is CCCN(C=C1C=CC(C(=O)Cl)C=C1)CCC. The second kappa shape index (κ2) is 7.33. The van der Waals surface area contributed by atoms with E-state index in [-0.39, 0.29) is 11.2 Å². The lowest BCUT2D eigenvalue weighted by molar-refractivity contribution is -0.112. The second-order valence-corrected chi connectivity index (χ2v) is 4.59. The Balaban J connectivity index is 2.64. The van der Waals surface area contributed by atoms with Crippen molar-refractivity contribution in [3.05, 3.63) is 36.1 Å². The minimum atomic E-state index is -0.324. The van der Waals surface area contributed by atoms with Gasteiger partial charge in [-0.2, -0.15) is 0 Å². The van der Waals surface area contributed by atoms with Crippen LogP contribution in [0.5, 0.6) is 0 Å². The van der Waals surface area contributed by atoms with E-state index in [1.54, 1.807) is 0 Å². The van der Waals surface area contributed by atoms with Crippen LogP contribution in [-0.2, 0) is 4.79 Å². The number of nitrogens with zero attached hydrogens (tertiary/aromatic N) is 1. The minimum Gasteiger partial charge on any atom is -0.377 e. The van der Waals surface area contributed by atoms with Crippen LogP contribution in [0, 0.1) is 5.92 Å². The largest absolute Gasteiger partial charge is 0.377 e. The first kappa shape index (κ1) is 14.0. The molecule has 1 aliphatic rings. The van der Waals surface area contributed by atoms with Crippen LogP contribution in [0.25, 0.3) is 0 Å². The highest BCUT2D eigenvalue weighted by Crippen LogP contribution is 2.16. The zero-order chi connectivity index (χ0) is 12.7. The molecule has 0 spiro atoms. The molecule has 0 atom stereocenters.